The maximum absolute atomic E-state index is 10.1. The highest BCUT2D eigenvalue weighted by Crippen LogP contribution is 2.56. The van der Waals surface area contributed by atoms with E-state index in [-0.39, 0.29) is 12.4 Å². The van der Waals surface area contributed by atoms with E-state index in [0.717, 1.165) is 18.8 Å². The molecule has 1 N–H and O–H groups in total. The van der Waals surface area contributed by atoms with Gasteiger partial charge in [-0.15, -0.1) is 12.4 Å². The van der Waals surface area contributed by atoms with Crippen molar-refractivity contribution in [3.05, 3.63) is 65.2 Å². The monoisotopic (exact) mass is 383 g/mol. The van der Waals surface area contributed by atoms with E-state index in [9.17, 15) is 5.11 Å². The largest absolute Gasteiger partial charge is 0.508 e. The number of nitrogens with zero attached hydrogens (tertiary/aromatic N) is 1. The van der Waals surface area contributed by atoms with Crippen LogP contribution in [0.3, 0.4) is 0 Å². The Hall–Kier alpha value is -1.51. The minimum atomic E-state index is 0. The molecule has 1 aliphatic heterocycles. The summed E-state index contributed by atoms with van der Waals surface area (Å²) in [4.78, 5) is 2.79. The molecule has 2 aliphatic carbocycles. The molecule has 1 heterocycles. The molecule has 0 amide bonds. The molecule has 2 aromatic rings. The predicted octanol–water partition coefficient (Wildman–Crippen LogP) is 5.12. The topological polar surface area (TPSA) is 23.5 Å². The van der Waals surface area contributed by atoms with Crippen LogP contribution in [0.25, 0.3) is 0 Å². The number of halogens is 1. The Morgan fingerprint density at radius 2 is 1.89 bits per heavy atom. The summed E-state index contributed by atoms with van der Waals surface area (Å²) in [5.41, 5.74) is 4.77. The van der Waals surface area contributed by atoms with Crippen LogP contribution in [0.15, 0.2) is 48.5 Å². The number of benzene rings is 2. The summed E-state index contributed by atoms with van der Waals surface area (Å²) in [5, 5.41) is 10.1. The zero-order chi connectivity index (χ0) is 17.6. The minimum Gasteiger partial charge on any atom is -0.508 e. The van der Waals surface area contributed by atoms with E-state index in [1.807, 2.05) is 6.07 Å². The quantitative estimate of drug-likeness (QED) is 0.795. The third-order valence-electron chi connectivity index (χ3n) is 7.47. The molecule has 5 rings (SSSR count). The maximum Gasteiger partial charge on any atom is 0.115 e. The molecule has 0 aromatic heterocycles. The smallest absolute Gasteiger partial charge is 0.115 e. The van der Waals surface area contributed by atoms with Crippen LogP contribution in [0.5, 0.6) is 5.75 Å². The number of hydrogen-bond donors (Lipinski definition) is 1. The first-order valence-electron chi connectivity index (χ1n) is 10.4. The first-order chi connectivity index (χ1) is 12.8. The Kier molecular flexibility index (Phi) is 5.22. The fraction of sp³-hybridized carbons (Fsp3) is 0.500. The molecule has 2 fully saturated rings. The van der Waals surface area contributed by atoms with Crippen molar-refractivity contribution in [3.63, 3.8) is 0 Å². The number of likely N-dealkylation sites (tertiary alicyclic amines) is 1. The molecule has 3 aliphatic rings. The number of rotatable bonds is 3. The van der Waals surface area contributed by atoms with Crippen molar-refractivity contribution in [2.75, 3.05) is 13.1 Å². The van der Waals surface area contributed by atoms with E-state index in [1.54, 1.807) is 0 Å². The molecular weight excluding hydrogens is 354 g/mol. The van der Waals surface area contributed by atoms with Gasteiger partial charge in [-0.2, -0.15) is 0 Å². The second kappa shape index (κ2) is 7.48. The Balaban J connectivity index is 0.00000180. The van der Waals surface area contributed by atoms with Crippen molar-refractivity contribution in [3.8, 4) is 5.75 Å². The van der Waals surface area contributed by atoms with Crippen LogP contribution in [0.2, 0.25) is 0 Å². The molecule has 1 saturated heterocycles. The average Bonchev–Trinajstić information content (AvgIpc) is 2.69. The Labute approximate surface area is 169 Å². The van der Waals surface area contributed by atoms with Crippen LogP contribution in [-0.2, 0) is 18.3 Å². The lowest BCUT2D eigenvalue weighted by Gasteiger charge is -2.59. The highest BCUT2D eigenvalue weighted by molar-refractivity contribution is 5.85. The van der Waals surface area contributed by atoms with Crippen LogP contribution in [-0.4, -0.2) is 29.1 Å². The number of phenolic OH excluding ortho intramolecular Hbond substituents is 1. The van der Waals surface area contributed by atoms with Crippen LogP contribution < -0.4 is 0 Å². The summed E-state index contributed by atoms with van der Waals surface area (Å²) < 4.78 is 0. The fourth-order valence-corrected chi connectivity index (χ4v) is 6.27. The number of phenols is 1. The van der Waals surface area contributed by atoms with E-state index < -0.39 is 0 Å². The predicted molar refractivity (Wildman–Crippen MR) is 113 cm³/mol. The van der Waals surface area contributed by atoms with E-state index in [1.165, 1.54) is 61.9 Å². The first-order valence-corrected chi connectivity index (χ1v) is 10.4. The van der Waals surface area contributed by atoms with E-state index >= 15 is 0 Å². The Bertz CT molecular complexity index is 792. The van der Waals surface area contributed by atoms with Crippen LogP contribution >= 0.6 is 12.4 Å². The van der Waals surface area contributed by atoms with E-state index in [4.69, 9.17) is 0 Å². The molecule has 2 bridgehead atoms. The van der Waals surface area contributed by atoms with Gasteiger partial charge in [0.1, 0.15) is 5.75 Å². The number of fused-ring (bicyclic) bond motifs is 1. The van der Waals surface area contributed by atoms with Crippen molar-refractivity contribution in [1.29, 1.82) is 0 Å². The van der Waals surface area contributed by atoms with Gasteiger partial charge in [0.2, 0.25) is 0 Å². The van der Waals surface area contributed by atoms with Gasteiger partial charge in [0.15, 0.2) is 0 Å². The van der Waals surface area contributed by atoms with Crippen LogP contribution in [0, 0.1) is 5.92 Å². The second-order valence-corrected chi connectivity index (χ2v) is 8.64. The van der Waals surface area contributed by atoms with Gasteiger partial charge in [0.25, 0.3) is 0 Å². The lowest BCUT2D eigenvalue weighted by atomic mass is 9.52. The normalized spacial score (nSPS) is 29.3. The highest BCUT2D eigenvalue weighted by Gasteiger charge is 2.53. The Morgan fingerprint density at radius 1 is 1.04 bits per heavy atom. The van der Waals surface area contributed by atoms with E-state index in [2.05, 4.69) is 47.4 Å². The van der Waals surface area contributed by atoms with Gasteiger partial charge in [-0.25, -0.2) is 0 Å². The number of aromatic hydroxyl groups is 1. The van der Waals surface area contributed by atoms with Crippen LogP contribution in [0.1, 0.15) is 48.8 Å². The molecule has 3 atom stereocenters. The summed E-state index contributed by atoms with van der Waals surface area (Å²) in [6, 6.07) is 17.8. The molecule has 27 heavy (non-hydrogen) atoms. The summed E-state index contributed by atoms with van der Waals surface area (Å²) in [6.45, 7) is 2.39. The average molecular weight is 384 g/mol. The van der Waals surface area contributed by atoms with Crippen LogP contribution in [0.4, 0.5) is 0 Å². The number of piperidine rings is 1. The van der Waals surface area contributed by atoms with Crippen molar-refractivity contribution >= 4 is 12.4 Å². The maximum atomic E-state index is 10.1. The van der Waals surface area contributed by atoms with Crippen molar-refractivity contribution in [2.24, 2.45) is 5.92 Å². The lowest BCUT2D eigenvalue weighted by molar-refractivity contribution is -0.0106. The lowest BCUT2D eigenvalue weighted by Crippen LogP contribution is -2.61. The van der Waals surface area contributed by atoms with Gasteiger partial charge in [0, 0.05) is 18.0 Å². The summed E-state index contributed by atoms with van der Waals surface area (Å²) in [5.74, 6) is 1.22. The van der Waals surface area contributed by atoms with E-state index in [0.29, 0.717) is 17.2 Å². The molecule has 2 aromatic carbocycles. The summed E-state index contributed by atoms with van der Waals surface area (Å²) >= 11 is 0. The second-order valence-electron chi connectivity index (χ2n) is 8.64. The number of hydrogen-bond acceptors (Lipinski definition) is 2. The molecule has 0 spiro atoms. The SMILES string of the molecule is Cl.Oc1ccc2c(c1)[C@@]13CCCC[C@H]1[C@@H](C2)N(CCc1ccccc1)CC3. The minimum absolute atomic E-state index is 0. The van der Waals surface area contributed by atoms with Gasteiger partial charge in [-0.3, -0.25) is 4.90 Å². The fourth-order valence-electron chi connectivity index (χ4n) is 6.27. The molecule has 1 saturated carbocycles. The Morgan fingerprint density at radius 3 is 2.74 bits per heavy atom. The van der Waals surface area contributed by atoms with Gasteiger partial charge in [-0.05, 0) is 73.4 Å². The zero-order valence-electron chi connectivity index (χ0n) is 15.9. The van der Waals surface area contributed by atoms with Crippen molar-refractivity contribution in [1.82, 2.24) is 4.90 Å². The van der Waals surface area contributed by atoms with Gasteiger partial charge in [-0.1, -0.05) is 49.2 Å². The highest BCUT2D eigenvalue weighted by atomic mass is 35.5. The third-order valence-corrected chi connectivity index (χ3v) is 7.47. The van der Waals surface area contributed by atoms with Crippen molar-refractivity contribution in [2.45, 2.75) is 56.4 Å². The first kappa shape index (κ1) is 18.8. The summed E-state index contributed by atoms with van der Waals surface area (Å²) in [6.07, 6.45) is 8.99. The molecule has 0 unspecified atom stereocenters. The van der Waals surface area contributed by atoms with Gasteiger partial charge < -0.3 is 5.11 Å². The molecular formula is C24H30ClNO. The van der Waals surface area contributed by atoms with Crippen molar-refractivity contribution < 1.29 is 5.11 Å². The molecule has 144 valence electrons. The molecule has 2 nitrogen and oxygen atoms in total. The third kappa shape index (κ3) is 3.17. The standard InChI is InChI=1S/C24H29NO.ClH/c26-20-10-9-19-16-23-21-8-4-5-12-24(21,22(19)17-20)13-15-25(23)14-11-18-6-2-1-3-7-18;/h1-3,6-7,9-10,17,21,23,26H,4-5,8,11-16H2;1H/t21-,23+,24+;/m0./s1. The zero-order valence-corrected chi connectivity index (χ0v) is 16.8. The van der Waals surface area contributed by atoms with Gasteiger partial charge >= 0.3 is 0 Å². The summed E-state index contributed by atoms with van der Waals surface area (Å²) in [7, 11) is 0. The van der Waals surface area contributed by atoms with Gasteiger partial charge in [0.05, 0.1) is 0 Å². The molecule has 3 heteroatoms. The molecule has 0 radical (unpaired) electrons.